The predicted octanol–water partition coefficient (Wildman–Crippen LogP) is 2.75. The quantitative estimate of drug-likeness (QED) is 0.850. The number of rotatable bonds is 2. The monoisotopic (exact) mass is 267 g/mol. The fourth-order valence-corrected chi connectivity index (χ4v) is 2.48. The molecule has 2 aromatic rings. The molecule has 0 fully saturated rings. The maximum atomic E-state index is 13.7. The summed E-state index contributed by atoms with van der Waals surface area (Å²) in [6, 6.07) is 3.79. The Bertz CT molecular complexity index is 609. The van der Waals surface area contributed by atoms with Gasteiger partial charge in [0.2, 0.25) is 0 Å². The van der Waals surface area contributed by atoms with Gasteiger partial charge >= 0.3 is 5.97 Å². The predicted molar refractivity (Wildman–Crippen MR) is 65.2 cm³/mol. The third-order valence-corrected chi connectivity index (χ3v) is 3.52. The van der Waals surface area contributed by atoms with Gasteiger partial charge in [-0.3, -0.25) is 0 Å². The largest absolute Gasteiger partial charge is 0.508 e. The second-order valence-electron chi connectivity index (χ2n) is 3.59. The zero-order valence-electron chi connectivity index (χ0n) is 9.73. The van der Waals surface area contributed by atoms with E-state index in [9.17, 15) is 9.18 Å². The Hall–Kier alpha value is -1.95. The van der Waals surface area contributed by atoms with Crippen LogP contribution in [0, 0.1) is 12.7 Å². The van der Waals surface area contributed by atoms with Gasteiger partial charge in [0.15, 0.2) is 0 Å². The Labute approximate surface area is 107 Å². The van der Waals surface area contributed by atoms with E-state index in [4.69, 9.17) is 5.11 Å². The van der Waals surface area contributed by atoms with Crippen molar-refractivity contribution in [3.8, 4) is 16.3 Å². The Morgan fingerprint density at radius 3 is 2.83 bits per heavy atom. The number of methoxy groups -OCH3 is 1. The van der Waals surface area contributed by atoms with Crippen LogP contribution in [0.5, 0.6) is 5.75 Å². The van der Waals surface area contributed by atoms with Crippen molar-refractivity contribution in [2.75, 3.05) is 7.11 Å². The van der Waals surface area contributed by atoms with Gasteiger partial charge in [0, 0.05) is 11.6 Å². The van der Waals surface area contributed by atoms with Crippen molar-refractivity contribution < 1.29 is 19.0 Å². The first-order valence-electron chi connectivity index (χ1n) is 5.07. The van der Waals surface area contributed by atoms with Gasteiger partial charge in [0.25, 0.3) is 0 Å². The highest BCUT2D eigenvalue weighted by molar-refractivity contribution is 7.17. The fourth-order valence-electron chi connectivity index (χ4n) is 1.47. The lowest BCUT2D eigenvalue weighted by molar-refractivity contribution is 0.0605. The van der Waals surface area contributed by atoms with Crippen LogP contribution < -0.4 is 0 Å². The van der Waals surface area contributed by atoms with Crippen LogP contribution in [0.15, 0.2) is 18.2 Å². The summed E-state index contributed by atoms with van der Waals surface area (Å²) in [5.41, 5.74) is 0.741. The highest BCUT2D eigenvalue weighted by atomic mass is 32.1. The van der Waals surface area contributed by atoms with Crippen molar-refractivity contribution in [1.82, 2.24) is 4.98 Å². The number of phenolic OH excluding ortho intramolecular Hbond substituents is 1. The summed E-state index contributed by atoms with van der Waals surface area (Å²) in [6.07, 6.45) is 0. The van der Waals surface area contributed by atoms with E-state index in [1.807, 2.05) is 0 Å². The SMILES string of the molecule is COC(=O)c1sc(-c2ccc(O)cc2F)nc1C. The van der Waals surface area contributed by atoms with Crippen LogP contribution in [0.2, 0.25) is 0 Å². The van der Waals surface area contributed by atoms with Crippen LogP contribution >= 0.6 is 11.3 Å². The van der Waals surface area contributed by atoms with E-state index in [2.05, 4.69) is 9.72 Å². The summed E-state index contributed by atoms with van der Waals surface area (Å²) in [4.78, 5) is 15.9. The average Bonchev–Trinajstić information content (AvgIpc) is 2.70. The smallest absolute Gasteiger partial charge is 0.349 e. The van der Waals surface area contributed by atoms with Gasteiger partial charge in [-0.15, -0.1) is 11.3 Å². The topological polar surface area (TPSA) is 59.4 Å². The minimum Gasteiger partial charge on any atom is -0.508 e. The van der Waals surface area contributed by atoms with E-state index in [-0.39, 0.29) is 11.3 Å². The van der Waals surface area contributed by atoms with Crippen LogP contribution in [0.25, 0.3) is 10.6 Å². The van der Waals surface area contributed by atoms with Crippen LogP contribution in [0.1, 0.15) is 15.4 Å². The van der Waals surface area contributed by atoms with Crippen molar-refractivity contribution in [2.45, 2.75) is 6.92 Å². The first kappa shape index (κ1) is 12.5. The number of aromatic hydroxyl groups is 1. The molecule has 4 nitrogen and oxygen atoms in total. The third kappa shape index (κ3) is 2.19. The summed E-state index contributed by atoms with van der Waals surface area (Å²) in [6.45, 7) is 1.66. The van der Waals surface area contributed by atoms with Gasteiger partial charge in [-0.05, 0) is 19.1 Å². The molecular weight excluding hydrogens is 257 g/mol. The normalized spacial score (nSPS) is 10.4. The van der Waals surface area contributed by atoms with Gasteiger partial charge in [0.1, 0.15) is 21.5 Å². The number of phenols is 1. The first-order chi connectivity index (χ1) is 8.52. The van der Waals surface area contributed by atoms with E-state index in [1.54, 1.807) is 6.92 Å². The molecule has 0 bridgehead atoms. The molecule has 1 aromatic carbocycles. The van der Waals surface area contributed by atoms with Crippen molar-refractivity contribution in [1.29, 1.82) is 0 Å². The van der Waals surface area contributed by atoms with E-state index < -0.39 is 11.8 Å². The number of hydrogen-bond acceptors (Lipinski definition) is 5. The number of carbonyl (C=O) groups is 1. The number of aromatic nitrogens is 1. The number of thiazole rings is 1. The summed E-state index contributed by atoms with van der Waals surface area (Å²) in [7, 11) is 1.28. The van der Waals surface area contributed by atoms with Crippen molar-refractivity contribution in [3.63, 3.8) is 0 Å². The minimum absolute atomic E-state index is 0.155. The maximum Gasteiger partial charge on any atom is 0.349 e. The van der Waals surface area contributed by atoms with Gasteiger partial charge in [-0.2, -0.15) is 0 Å². The molecule has 0 saturated heterocycles. The minimum atomic E-state index is -0.583. The van der Waals surface area contributed by atoms with E-state index >= 15 is 0 Å². The molecule has 0 saturated carbocycles. The molecule has 0 unspecified atom stereocenters. The molecule has 0 radical (unpaired) electrons. The fraction of sp³-hybridized carbons (Fsp3) is 0.167. The molecule has 1 N–H and O–H groups in total. The Morgan fingerprint density at radius 1 is 1.50 bits per heavy atom. The molecule has 2 rings (SSSR count). The average molecular weight is 267 g/mol. The highest BCUT2D eigenvalue weighted by Crippen LogP contribution is 2.31. The molecule has 0 aliphatic rings. The van der Waals surface area contributed by atoms with Gasteiger partial charge < -0.3 is 9.84 Å². The Kier molecular flexibility index (Phi) is 3.29. The zero-order chi connectivity index (χ0) is 13.3. The molecular formula is C12H10FNO3S. The van der Waals surface area contributed by atoms with Crippen LogP contribution in [0.3, 0.4) is 0 Å². The summed E-state index contributed by atoms with van der Waals surface area (Å²) in [5.74, 6) is -1.23. The van der Waals surface area contributed by atoms with Gasteiger partial charge in [-0.25, -0.2) is 14.2 Å². The van der Waals surface area contributed by atoms with Gasteiger partial charge in [-0.1, -0.05) is 0 Å². The molecule has 0 spiro atoms. The number of ether oxygens (including phenoxy) is 1. The second-order valence-corrected chi connectivity index (χ2v) is 4.59. The van der Waals surface area contributed by atoms with Crippen LogP contribution in [-0.2, 0) is 4.74 Å². The molecule has 1 aromatic heterocycles. The van der Waals surface area contributed by atoms with E-state index in [1.165, 1.54) is 19.2 Å². The van der Waals surface area contributed by atoms with Crippen molar-refractivity contribution >= 4 is 17.3 Å². The Morgan fingerprint density at radius 2 is 2.22 bits per heavy atom. The van der Waals surface area contributed by atoms with Gasteiger partial charge in [0.05, 0.1) is 12.8 Å². The molecule has 0 amide bonds. The second kappa shape index (κ2) is 4.73. The third-order valence-electron chi connectivity index (χ3n) is 2.35. The molecule has 6 heteroatoms. The number of esters is 1. The molecule has 0 aliphatic carbocycles. The molecule has 0 atom stereocenters. The number of carbonyl (C=O) groups excluding carboxylic acids is 1. The lowest BCUT2D eigenvalue weighted by Gasteiger charge is -1.99. The summed E-state index contributed by atoms with van der Waals surface area (Å²) >= 11 is 1.06. The molecule has 1 heterocycles. The molecule has 0 aliphatic heterocycles. The number of aryl methyl sites for hydroxylation is 1. The Balaban J connectivity index is 2.49. The zero-order valence-corrected chi connectivity index (χ0v) is 10.5. The number of nitrogens with zero attached hydrogens (tertiary/aromatic N) is 1. The van der Waals surface area contributed by atoms with Crippen molar-refractivity contribution in [2.24, 2.45) is 0 Å². The number of halogens is 1. The van der Waals surface area contributed by atoms with Crippen LogP contribution in [-0.4, -0.2) is 23.2 Å². The first-order valence-corrected chi connectivity index (χ1v) is 5.89. The molecule has 18 heavy (non-hydrogen) atoms. The van der Waals surface area contributed by atoms with Crippen molar-refractivity contribution in [3.05, 3.63) is 34.6 Å². The lowest BCUT2D eigenvalue weighted by Crippen LogP contribution is -1.99. The summed E-state index contributed by atoms with van der Waals surface area (Å²) in [5, 5.41) is 9.52. The number of benzene rings is 1. The number of hydrogen-bond donors (Lipinski definition) is 1. The molecule has 94 valence electrons. The highest BCUT2D eigenvalue weighted by Gasteiger charge is 2.18. The maximum absolute atomic E-state index is 13.7. The summed E-state index contributed by atoms with van der Waals surface area (Å²) < 4.78 is 18.3. The van der Waals surface area contributed by atoms with Crippen LogP contribution in [0.4, 0.5) is 4.39 Å². The standard InChI is InChI=1S/C12H10FNO3S/c1-6-10(12(16)17-2)18-11(14-6)8-4-3-7(15)5-9(8)13/h3-5,15H,1-2H3. The van der Waals surface area contributed by atoms with E-state index in [0.29, 0.717) is 15.6 Å². The van der Waals surface area contributed by atoms with E-state index in [0.717, 1.165) is 17.4 Å². The lowest BCUT2D eigenvalue weighted by atomic mass is 10.2.